The van der Waals surface area contributed by atoms with Crippen LogP contribution in [0, 0.1) is 0 Å². The number of nitrogens with two attached hydrogens (primary N) is 2. The van der Waals surface area contributed by atoms with Crippen LogP contribution in [0.3, 0.4) is 0 Å². The average molecular weight is 170 g/mol. The standard InChI is InChI=1S/C7H14N4O/c1-5(2)11(10-3)4-6(8)7(9)12/h4-5H,3,8H2,1-2H3,(H2,9,12)/b6-4-. The van der Waals surface area contributed by atoms with Crippen LogP contribution in [0.1, 0.15) is 13.8 Å². The highest BCUT2D eigenvalue weighted by Crippen LogP contribution is 2.00. The van der Waals surface area contributed by atoms with E-state index in [-0.39, 0.29) is 11.7 Å². The fourth-order valence-electron chi connectivity index (χ4n) is 0.559. The number of carbonyl (C=O) groups excluding carboxylic acids is 1. The van der Waals surface area contributed by atoms with Crippen molar-refractivity contribution in [3.8, 4) is 0 Å². The molecule has 0 aromatic heterocycles. The minimum Gasteiger partial charge on any atom is -0.393 e. The Labute approximate surface area is 71.7 Å². The monoisotopic (exact) mass is 170 g/mol. The highest BCUT2D eigenvalue weighted by molar-refractivity contribution is 5.90. The van der Waals surface area contributed by atoms with Crippen molar-refractivity contribution < 1.29 is 4.79 Å². The van der Waals surface area contributed by atoms with Crippen LogP contribution in [0.2, 0.25) is 0 Å². The summed E-state index contributed by atoms with van der Waals surface area (Å²) in [5, 5.41) is 5.09. The predicted molar refractivity (Wildman–Crippen MR) is 48.0 cm³/mol. The van der Waals surface area contributed by atoms with Gasteiger partial charge in [0.05, 0.1) is 6.20 Å². The van der Waals surface area contributed by atoms with Crippen molar-refractivity contribution in [3.63, 3.8) is 0 Å². The molecule has 1 amide bonds. The second kappa shape index (κ2) is 4.38. The second-order valence-electron chi connectivity index (χ2n) is 2.56. The number of nitrogens with zero attached hydrogens (tertiary/aromatic N) is 2. The summed E-state index contributed by atoms with van der Waals surface area (Å²) in [4.78, 5) is 10.5. The first-order valence-electron chi connectivity index (χ1n) is 3.51. The van der Waals surface area contributed by atoms with Crippen LogP contribution >= 0.6 is 0 Å². The van der Waals surface area contributed by atoms with E-state index in [4.69, 9.17) is 11.5 Å². The van der Waals surface area contributed by atoms with E-state index in [0.717, 1.165) is 0 Å². The minimum absolute atomic E-state index is 0.0314. The number of amides is 1. The maximum Gasteiger partial charge on any atom is 0.266 e. The Kier molecular flexibility index (Phi) is 3.82. The molecule has 0 spiro atoms. The van der Waals surface area contributed by atoms with E-state index in [2.05, 4.69) is 11.8 Å². The lowest BCUT2D eigenvalue weighted by Crippen LogP contribution is -2.26. The zero-order valence-corrected chi connectivity index (χ0v) is 7.32. The van der Waals surface area contributed by atoms with Crippen molar-refractivity contribution in [3.05, 3.63) is 11.9 Å². The number of carbonyl (C=O) groups is 1. The van der Waals surface area contributed by atoms with Crippen LogP contribution in [0.15, 0.2) is 17.0 Å². The third-order valence-electron chi connectivity index (χ3n) is 1.25. The molecule has 68 valence electrons. The van der Waals surface area contributed by atoms with Gasteiger partial charge in [-0.2, -0.15) is 5.10 Å². The van der Waals surface area contributed by atoms with Gasteiger partial charge >= 0.3 is 0 Å². The number of hydrogen-bond acceptors (Lipinski definition) is 4. The molecule has 0 fully saturated rings. The number of primary amides is 1. The zero-order valence-electron chi connectivity index (χ0n) is 7.32. The molecule has 4 N–H and O–H groups in total. The van der Waals surface area contributed by atoms with Gasteiger partial charge in [0, 0.05) is 12.8 Å². The van der Waals surface area contributed by atoms with Crippen molar-refractivity contribution in [2.75, 3.05) is 0 Å². The summed E-state index contributed by atoms with van der Waals surface area (Å²) < 4.78 is 0. The molecule has 0 aliphatic rings. The smallest absolute Gasteiger partial charge is 0.266 e. The maximum absolute atomic E-state index is 10.5. The number of hydrazone groups is 1. The van der Waals surface area contributed by atoms with Crippen LogP contribution in [0.25, 0.3) is 0 Å². The van der Waals surface area contributed by atoms with Gasteiger partial charge in [-0.25, -0.2) is 0 Å². The topological polar surface area (TPSA) is 84.7 Å². The first-order chi connectivity index (χ1) is 5.49. The first kappa shape index (κ1) is 10.5. The van der Waals surface area contributed by atoms with Crippen molar-refractivity contribution in [2.45, 2.75) is 19.9 Å². The van der Waals surface area contributed by atoms with Crippen molar-refractivity contribution >= 4 is 12.6 Å². The molecule has 12 heavy (non-hydrogen) atoms. The van der Waals surface area contributed by atoms with Crippen LogP contribution < -0.4 is 11.5 Å². The van der Waals surface area contributed by atoms with E-state index in [1.165, 1.54) is 11.2 Å². The van der Waals surface area contributed by atoms with E-state index >= 15 is 0 Å². The van der Waals surface area contributed by atoms with Crippen LogP contribution in [-0.4, -0.2) is 23.7 Å². The van der Waals surface area contributed by atoms with Gasteiger partial charge in [0.2, 0.25) is 0 Å². The molecule has 0 saturated carbocycles. The SMILES string of the molecule is C=NN(/C=C(\N)C(N)=O)C(C)C. The predicted octanol–water partition coefficient (Wildman–Crippen LogP) is -0.402. The summed E-state index contributed by atoms with van der Waals surface area (Å²) in [6.45, 7) is 7.10. The Balaban J connectivity index is 4.46. The average Bonchev–Trinajstić information content (AvgIpc) is 1.98. The highest BCUT2D eigenvalue weighted by atomic mass is 16.1. The third kappa shape index (κ3) is 3.05. The Hall–Kier alpha value is -1.52. The van der Waals surface area contributed by atoms with E-state index < -0.39 is 5.91 Å². The third-order valence-corrected chi connectivity index (χ3v) is 1.25. The fourth-order valence-corrected chi connectivity index (χ4v) is 0.559. The molecule has 0 radical (unpaired) electrons. The van der Waals surface area contributed by atoms with Crippen molar-refractivity contribution in [1.29, 1.82) is 0 Å². The lowest BCUT2D eigenvalue weighted by Gasteiger charge is -2.18. The molecular formula is C7H14N4O. The molecule has 0 aliphatic carbocycles. The molecule has 5 nitrogen and oxygen atoms in total. The normalized spacial score (nSPS) is 11.4. The highest BCUT2D eigenvalue weighted by Gasteiger charge is 2.05. The Morgan fingerprint density at radius 1 is 1.58 bits per heavy atom. The molecule has 0 unspecified atom stereocenters. The van der Waals surface area contributed by atoms with E-state index in [0.29, 0.717) is 0 Å². The molecule has 0 rings (SSSR count). The second-order valence-corrected chi connectivity index (χ2v) is 2.56. The van der Waals surface area contributed by atoms with Gasteiger partial charge < -0.3 is 11.5 Å². The van der Waals surface area contributed by atoms with Crippen molar-refractivity contribution in [1.82, 2.24) is 5.01 Å². The quantitative estimate of drug-likeness (QED) is 0.342. The van der Waals surface area contributed by atoms with Gasteiger partial charge in [0.15, 0.2) is 0 Å². The summed E-state index contributed by atoms with van der Waals surface area (Å²) in [6, 6.07) is 0.0976. The molecule has 5 heteroatoms. The van der Waals surface area contributed by atoms with Gasteiger partial charge in [0.1, 0.15) is 5.70 Å². The molecule has 0 atom stereocenters. The van der Waals surface area contributed by atoms with Crippen molar-refractivity contribution in [2.24, 2.45) is 16.6 Å². The first-order valence-corrected chi connectivity index (χ1v) is 3.51. The summed E-state index contributed by atoms with van der Waals surface area (Å²) in [5.41, 5.74) is 10.2. The van der Waals surface area contributed by atoms with Crippen LogP contribution in [0.5, 0.6) is 0 Å². The Bertz CT molecular complexity index is 209. The molecule has 0 aromatic rings. The summed E-state index contributed by atoms with van der Waals surface area (Å²) in [5.74, 6) is -0.663. The van der Waals surface area contributed by atoms with Gasteiger partial charge in [-0.05, 0) is 13.8 Å². The summed E-state index contributed by atoms with van der Waals surface area (Å²) in [6.07, 6.45) is 1.36. The molecule has 0 aromatic carbocycles. The van der Waals surface area contributed by atoms with Gasteiger partial charge in [-0.1, -0.05) is 0 Å². The largest absolute Gasteiger partial charge is 0.393 e. The van der Waals surface area contributed by atoms with Gasteiger partial charge in [-0.15, -0.1) is 0 Å². The fraction of sp³-hybridized carbons (Fsp3) is 0.429. The Morgan fingerprint density at radius 3 is 2.33 bits per heavy atom. The molecule has 0 saturated heterocycles. The van der Waals surface area contributed by atoms with Crippen LogP contribution in [0.4, 0.5) is 0 Å². The van der Waals surface area contributed by atoms with Gasteiger partial charge in [0.25, 0.3) is 5.91 Å². The lowest BCUT2D eigenvalue weighted by atomic mass is 10.4. The minimum atomic E-state index is -0.663. The summed E-state index contributed by atoms with van der Waals surface area (Å²) in [7, 11) is 0. The molecule has 0 bridgehead atoms. The van der Waals surface area contributed by atoms with E-state index in [1.54, 1.807) is 0 Å². The molecular weight excluding hydrogens is 156 g/mol. The van der Waals surface area contributed by atoms with Gasteiger partial charge in [-0.3, -0.25) is 9.80 Å². The number of rotatable bonds is 4. The van der Waals surface area contributed by atoms with Crippen LogP contribution in [-0.2, 0) is 4.79 Å². The Morgan fingerprint density at radius 2 is 2.08 bits per heavy atom. The maximum atomic E-state index is 10.5. The molecule has 0 aliphatic heterocycles. The van der Waals surface area contributed by atoms with E-state index in [9.17, 15) is 4.79 Å². The van der Waals surface area contributed by atoms with E-state index in [1.807, 2.05) is 13.8 Å². The lowest BCUT2D eigenvalue weighted by molar-refractivity contribution is -0.114. The molecule has 0 heterocycles. The summed E-state index contributed by atoms with van der Waals surface area (Å²) >= 11 is 0. The zero-order chi connectivity index (χ0) is 9.72. The number of hydrogen-bond donors (Lipinski definition) is 2.